The fraction of sp³-hybridized carbons (Fsp3) is 0.417. The van der Waals surface area contributed by atoms with Crippen LogP contribution in [0.1, 0.15) is 12.8 Å². The summed E-state index contributed by atoms with van der Waals surface area (Å²) >= 11 is 5.95. The van der Waals surface area contributed by atoms with Crippen LogP contribution in [0, 0.1) is 0 Å². The van der Waals surface area contributed by atoms with E-state index in [4.69, 9.17) is 22.1 Å². The van der Waals surface area contributed by atoms with Crippen molar-refractivity contribution in [2.45, 2.75) is 18.9 Å². The molecular weight excluding hydrogens is 240 g/mol. The first-order valence-corrected chi connectivity index (χ1v) is 5.92. The lowest BCUT2D eigenvalue weighted by Gasteiger charge is -2.31. The highest BCUT2D eigenvalue weighted by Crippen LogP contribution is 2.33. The molecule has 17 heavy (non-hydrogen) atoms. The molecule has 2 N–H and O–H groups in total. The molecule has 1 amide bonds. The molecule has 1 aliphatic rings. The maximum absolute atomic E-state index is 12.0. The van der Waals surface area contributed by atoms with Crippen LogP contribution in [-0.4, -0.2) is 25.6 Å². The molecule has 92 valence electrons. The van der Waals surface area contributed by atoms with Gasteiger partial charge in [0.05, 0.1) is 18.8 Å². The molecule has 0 radical (unpaired) electrons. The number of rotatable bonds is 2. The number of ether oxygens (including phenoxy) is 1. The summed E-state index contributed by atoms with van der Waals surface area (Å²) in [7, 11) is 1.57. The van der Waals surface area contributed by atoms with Gasteiger partial charge in [0.15, 0.2) is 0 Å². The first-order valence-electron chi connectivity index (χ1n) is 5.54. The molecule has 0 bridgehead atoms. The Morgan fingerprint density at radius 3 is 3.00 bits per heavy atom. The number of hydrogen-bond donors (Lipinski definition) is 1. The monoisotopic (exact) mass is 254 g/mol. The lowest BCUT2D eigenvalue weighted by molar-refractivity contribution is -0.120. The zero-order valence-electron chi connectivity index (χ0n) is 9.65. The topological polar surface area (TPSA) is 55.6 Å². The zero-order chi connectivity index (χ0) is 12.4. The second-order valence-electron chi connectivity index (χ2n) is 4.05. The Hall–Kier alpha value is -1.26. The maximum Gasteiger partial charge on any atom is 0.244 e. The van der Waals surface area contributed by atoms with Crippen LogP contribution in [0.15, 0.2) is 18.2 Å². The van der Waals surface area contributed by atoms with Crippen LogP contribution in [0.2, 0.25) is 5.02 Å². The molecule has 5 heteroatoms. The van der Waals surface area contributed by atoms with Gasteiger partial charge in [-0.15, -0.1) is 0 Å². The van der Waals surface area contributed by atoms with Crippen molar-refractivity contribution in [3.05, 3.63) is 23.2 Å². The normalized spacial score (nSPS) is 20.5. The molecule has 0 aliphatic carbocycles. The number of nitrogens with two attached hydrogens (primary N) is 1. The smallest absolute Gasteiger partial charge is 0.244 e. The number of carbonyl (C=O) groups excluding carboxylic acids is 1. The summed E-state index contributed by atoms with van der Waals surface area (Å²) in [6.45, 7) is 0.656. The molecule has 1 heterocycles. The van der Waals surface area contributed by atoms with Crippen LogP contribution < -0.4 is 15.4 Å². The fourth-order valence-corrected chi connectivity index (χ4v) is 2.18. The standard InChI is InChI=1S/C12H15ClN2O2/c1-17-11-5-4-8(13)7-10(11)15-6-2-3-9(14)12(15)16/h4-5,7,9H,2-3,6,14H2,1H3. The van der Waals surface area contributed by atoms with Gasteiger partial charge in [0, 0.05) is 11.6 Å². The predicted molar refractivity (Wildman–Crippen MR) is 67.6 cm³/mol. The number of hydrogen-bond acceptors (Lipinski definition) is 3. The summed E-state index contributed by atoms with van der Waals surface area (Å²) in [4.78, 5) is 13.7. The molecular formula is C12H15ClN2O2. The number of anilines is 1. The van der Waals surface area contributed by atoms with E-state index in [1.165, 1.54) is 0 Å². The van der Waals surface area contributed by atoms with E-state index in [2.05, 4.69) is 0 Å². The van der Waals surface area contributed by atoms with E-state index in [-0.39, 0.29) is 5.91 Å². The quantitative estimate of drug-likeness (QED) is 0.876. The molecule has 2 rings (SSSR count). The third-order valence-corrected chi connectivity index (χ3v) is 3.15. The van der Waals surface area contributed by atoms with E-state index in [9.17, 15) is 4.79 Å². The number of methoxy groups -OCH3 is 1. The molecule has 1 aromatic carbocycles. The molecule has 1 fully saturated rings. The third kappa shape index (κ3) is 2.37. The van der Waals surface area contributed by atoms with Crippen molar-refractivity contribution < 1.29 is 9.53 Å². The van der Waals surface area contributed by atoms with Crippen LogP contribution in [0.4, 0.5) is 5.69 Å². The van der Waals surface area contributed by atoms with Gasteiger partial charge in [-0.3, -0.25) is 4.79 Å². The van der Waals surface area contributed by atoms with Crippen molar-refractivity contribution in [1.82, 2.24) is 0 Å². The first-order chi connectivity index (χ1) is 8.13. The Bertz CT molecular complexity index is 437. The summed E-state index contributed by atoms with van der Waals surface area (Å²) in [5, 5.41) is 0.577. The summed E-state index contributed by atoms with van der Waals surface area (Å²) in [5.41, 5.74) is 6.47. The Morgan fingerprint density at radius 1 is 1.53 bits per heavy atom. The maximum atomic E-state index is 12.0. The van der Waals surface area contributed by atoms with Gasteiger partial charge in [-0.2, -0.15) is 0 Å². The molecule has 1 saturated heterocycles. The van der Waals surface area contributed by atoms with E-state index >= 15 is 0 Å². The van der Waals surface area contributed by atoms with Gasteiger partial charge in [0.2, 0.25) is 5.91 Å². The van der Waals surface area contributed by atoms with E-state index in [0.29, 0.717) is 23.0 Å². The highest BCUT2D eigenvalue weighted by Gasteiger charge is 2.28. The molecule has 1 atom stereocenters. The lowest BCUT2D eigenvalue weighted by atomic mass is 10.0. The van der Waals surface area contributed by atoms with Gasteiger partial charge >= 0.3 is 0 Å². The molecule has 0 spiro atoms. The molecule has 4 nitrogen and oxygen atoms in total. The Balaban J connectivity index is 2.38. The minimum Gasteiger partial charge on any atom is -0.495 e. The minimum atomic E-state index is -0.424. The van der Waals surface area contributed by atoms with Gasteiger partial charge in [-0.05, 0) is 31.0 Å². The Morgan fingerprint density at radius 2 is 2.29 bits per heavy atom. The van der Waals surface area contributed by atoms with Gasteiger partial charge in [-0.1, -0.05) is 11.6 Å². The highest BCUT2D eigenvalue weighted by atomic mass is 35.5. The van der Waals surface area contributed by atoms with Crippen molar-refractivity contribution in [2.75, 3.05) is 18.6 Å². The molecule has 1 aromatic rings. The highest BCUT2D eigenvalue weighted by molar-refractivity contribution is 6.31. The number of halogens is 1. The Labute approximate surface area is 105 Å². The van der Waals surface area contributed by atoms with Gasteiger partial charge in [0.25, 0.3) is 0 Å². The second kappa shape index (κ2) is 4.94. The van der Waals surface area contributed by atoms with Crippen molar-refractivity contribution in [2.24, 2.45) is 5.73 Å². The van der Waals surface area contributed by atoms with E-state index in [0.717, 1.165) is 12.8 Å². The molecule has 1 aliphatic heterocycles. The van der Waals surface area contributed by atoms with Crippen molar-refractivity contribution >= 4 is 23.2 Å². The summed E-state index contributed by atoms with van der Waals surface area (Å²) in [5.74, 6) is 0.564. The van der Waals surface area contributed by atoms with Gasteiger partial charge in [0.1, 0.15) is 5.75 Å². The Kier molecular flexibility index (Phi) is 3.54. The number of nitrogens with zero attached hydrogens (tertiary/aromatic N) is 1. The van der Waals surface area contributed by atoms with Crippen molar-refractivity contribution in [3.8, 4) is 5.75 Å². The largest absolute Gasteiger partial charge is 0.495 e. The second-order valence-corrected chi connectivity index (χ2v) is 4.49. The third-order valence-electron chi connectivity index (χ3n) is 2.91. The SMILES string of the molecule is COc1ccc(Cl)cc1N1CCCC(N)C1=O. The molecule has 0 aromatic heterocycles. The van der Waals surface area contributed by atoms with Gasteiger partial charge < -0.3 is 15.4 Å². The molecule has 0 saturated carbocycles. The minimum absolute atomic E-state index is 0.0724. The summed E-state index contributed by atoms with van der Waals surface area (Å²) in [6.07, 6.45) is 1.63. The zero-order valence-corrected chi connectivity index (χ0v) is 10.4. The summed E-state index contributed by atoms with van der Waals surface area (Å²) in [6, 6.07) is 4.80. The average molecular weight is 255 g/mol. The lowest BCUT2D eigenvalue weighted by Crippen LogP contribution is -2.48. The van der Waals surface area contributed by atoms with E-state index in [1.807, 2.05) is 0 Å². The predicted octanol–water partition coefficient (Wildman–Crippen LogP) is 1.80. The van der Waals surface area contributed by atoms with Crippen LogP contribution >= 0.6 is 11.6 Å². The van der Waals surface area contributed by atoms with E-state index in [1.54, 1.807) is 30.2 Å². The number of amides is 1. The fourth-order valence-electron chi connectivity index (χ4n) is 2.02. The van der Waals surface area contributed by atoms with Crippen LogP contribution in [-0.2, 0) is 4.79 Å². The first kappa shape index (κ1) is 12.2. The number of piperidine rings is 1. The van der Waals surface area contributed by atoms with Crippen LogP contribution in [0.5, 0.6) is 5.75 Å². The average Bonchev–Trinajstić information content (AvgIpc) is 2.33. The van der Waals surface area contributed by atoms with Gasteiger partial charge in [-0.25, -0.2) is 0 Å². The number of benzene rings is 1. The van der Waals surface area contributed by atoms with Crippen molar-refractivity contribution in [3.63, 3.8) is 0 Å². The van der Waals surface area contributed by atoms with E-state index < -0.39 is 6.04 Å². The van der Waals surface area contributed by atoms with Crippen molar-refractivity contribution in [1.29, 1.82) is 0 Å². The number of carbonyl (C=O) groups is 1. The van der Waals surface area contributed by atoms with Crippen LogP contribution in [0.3, 0.4) is 0 Å². The summed E-state index contributed by atoms with van der Waals surface area (Å²) < 4.78 is 5.24. The molecule has 1 unspecified atom stereocenters. The van der Waals surface area contributed by atoms with Crippen LogP contribution in [0.25, 0.3) is 0 Å².